The van der Waals surface area contributed by atoms with Gasteiger partial charge in [0.1, 0.15) is 5.52 Å². The van der Waals surface area contributed by atoms with E-state index < -0.39 is 0 Å². The largest absolute Gasteiger partial charge is 0.443 e. The van der Waals surface area contributed by atoms with Gasteiger partial charge in [-0.3, -0.25) is 9.48 Å². The summed E-state index contributed by atoms with van der Waals surface area (Å²) in [6, 6.07) is 5.51. The highest BCUT2D eigenvalue weighted by Crippen LogP contribution is 2.47. The van der Waals surface area contributed by atoms with Gasteiger partial charge in [0, 0.05) is 19.2 Å². The SMILES string of the molecule is Cn1cc([C@@H]2C[C@H]2C(=O)Nc2cccc3ocnc23)cn1. The van der Waals surface area contributed by atoms with Crippen LogP contribution in [-0.4, -0.2) is 20.7 Å². The fourth-order valence-corrected chi connectivity index (χ4v) is 2.70. The zero-order chi connectivity index (χ0) is 14.4. The van der Waals surface area contributed by atoms with Crippen LogP contribution in [-0.2, 0) is 11.8 Å². The van der Waals surface area contributed by atoms with Crippen molar-refractivity contribution in [3.05, 3.63) is 42.5 Å². The number of anilines is 1. The number of para-hydroxylation sites is 1. The third kappa shape index (κ3) is 2.08. The van der Waals surface area contributed by atoms with Gasteiger partial charge in [0.25, 0.3) is 0 Å². The van der Waals surface area contributed by atoms with Crippen LogP contribution in [0.1, 0.15) is 17.9 Å². The lowest BCUT2D eigenvalue weighted by Crippen LogP contribution is -2.14. The van der Waals surface area contributed by atoms with Gasteiger partial charge in [0.15, 0.2) is 12.0 Å². The number of fused-ring (bicyclic) bond motifs is 1. The molecular formula is C15H14N4O2. The van der Waals surface area contributed by atoms with Crippen molar-refractivity contribution in [2.45, 2.75) is 12.3 Å². The number of hydrogen-bond donors (Lipinski definition) is 1. The first kappa shape index (κ1) is 12.1. The first-order chi connectivity index (χ1) is 10.2. The third-order valence-corrected chi connectivity index (χ3v) is 3.90. The molecule has 4 rings (SSSR count). The van der Waals surface area contributed by atoms with Crippen LogP contribution in [0.2, 0.25) is 0 Å². The number of rotatable bonds is 3. The second-order valence-electron chi connectivity index (χ2n) is 5.39. The summed E-state index contributed by atoms with van der Waals surface area (Å²) >= 11 is 0. The molecule has 1 N–H and O–H groups in total. The minimum absolute atomic E-state index is 0.0105. The minimum atomic E-state index is 0.0105. The van der Waals surface area contributed by atoms with Crippen molar-refractivity contribution in [3.63, 3.8) is 0 Å². The maximum Gasteiger partial charge on any atom is 0.228 e. The average molecular weight is 282 g/mol. The molecule has 1 aromatic carbocycles. The lowest BCUT2D eigenvalue weighted by molar-refractivity contribution is -0.117. The van der Waals surface area contributed by atoms with E-state index in [1.807, 2.05) is 37.6 Å². The second-order valence-corrected chi connectivity index (χ2v) is 5.39. The summed E-state index contributed by atoms with van der Waals surface area (Å²) in [6.45, 7) is 0. The molecule has 1 fully saturated rings. The molecule has 1 aliphatic carbocycles. The summed E-state index contributed by atoms with van der Waals surface area (Å²) in [6.07, 6.45) is 6.05. The molecule has 1 saturated carbocycles. The molecule has 0 spiro atoms. The number of aromatic nitrogens is 3. The molecule has 0 aliphatic heterocycles. The molecule has 1 aliphatic rings. The van der Waals surface area contributed by atoms with E-state index in [-0.39, 0.29) is 17.7 Å². The van der Waals surface area contributed by atoms with Gasteiger partial charge in [-0.1, -0.05) is 6.07 Å². The Morgan fingerprint density at radius 1 is 1.48 bits per heavy atom. The molecule has 2 heterocycles. The van der Waals surface area contributed by atoms with Gasteiger partial charge < -0.3 is 9.73 Å². The lowest BCUT2D eigenvalue weighted by atomic mass is 10.2. The van der Waals surface area contributed by atoms with Crippen LogP contribution in [0.25, 0.3) is 11.1 Å². The smallest absolute Gasteiger partial charge is 0.228 e. The van der Waals surface area contributed by atoms with Gasteiger partial charge in [-0.15, -0.1) is 0 Å². The summed E-state index contributed by atoms with van der Waals surface area (Å²) in [5.74, 6) is 0.311. The number of oxazole rings is 1. The van der Waals surface area contributed by atoms with Crippen LogP contribution in [0, 0.1) is 5.92 Å². The highest BCUT2D eigenvalue weighted by Gasteiger charge is 2.44. The summed E-state index contributed by atoms with van der Waals surface area (Å²) < 4.78 is 7.00. The van der Waals surface area contributed by atoms with Gasteiger partial charge in [-0.2, -0.15) is 5.10 Å². The zero-order valence-corrected chi connectivity index (χ0v) is 11.5. The molecule has 2 atom stereocenters. The van der Waals surface area contributed by atoms with E-state index in [4.69, 9.17) is 4.42 Å². The van der Waals surface area contributed by atoms with E-state index in [0.717, 1.165) is 12.0 Å². The molecule has 2 aromatic heterocycles. The van der Waals surface area contributed by atoms with E-state index in [2.05, 4.69) is 15.4 Å². The molecule has 3 aromatic rings. The molecule has 0 saturated heterocycles. The van der Waals surface area contributed by atoms with Crippen molar-refractivity contribution in [2.24, 2.45) is 13.0 Å². The van der Waals surface area contributed by atoms with Gasteiger partial charge in [-0.05, 0) is 30.0 Å². The number of hydrogen-bond acceptors (Lipinski definition) is 4. The van der Waals surface area contributed by atoms with Crippen LogP contribution >= 0.6 is 0 Å². The number of aryl methyl sites for hydroxylation is 1. The maximum atomic E-state index is 12.3. The summed E-state index contributed by atoms with van der Waals surface area (Å²) in [7, 11) is 1.88. The average Bonchev–Trinajstić information content (AvgIpc) is 2.91. The Morgan fingerprint density at radius 2 is 2.38 bits per heavy atom. The van der Waals surface area contributed by atoms with Crippen molar-refractivity contribution in [1.82, 2.24) is 14.8 Å². The fourth-order valence-electron chi connectivity index (χ4n) is 2.70. The third-order valence-electron chi connectivity index (χ3n) is 3.90. The Bertz CT molecular complexity index is 820. The molecule has 21 heavy (non-hydrogen) atoms. The number of carbonyl (C=O) groups is 1. The Kier molecular flexibility index (Phi) is 2.57. The van der Waals surface area contributed by atoms with Crippen molar-refractivity contribution < 1.29 is 9.21 Å². The normalized spacial score (nSPS) is 20.6. The summed E-state index contributed by atoms with van der Waals surface area (Å²) in [4.78, 5) is 16.5. The maximum absolute atomic E-state index is 12.3. The van der Waals surface area contributed by atoms with Crippen LogP contribution in [0.4, 0.5) is 5.69 Å². The number of nitrogens with one attached hydrogen (secondary N) is 1. The quantitative estimate of drug-likeness (QED) is 0.800. The van der Waals surface area contributed by atoms with Crippen molar-refractivity contribution >= 4 is 22.7 Å². The topological polar surface area (TPSA) is 73.0 Å². The number of carbonyl (C=O) groups excluding carboxylic acids is 1. The Hall–Kier alpha value is -2.63. The van der Waals surface area contributed by atoms with Crippen LogP contribution in [0.3, 0.4) is 0 Å². The lowest BCUT2D eigenvalue weighted by Gasteiger charge is -2.04. The summed E-state index contributed by atoms with van der Waals surface area (Å²) in [5.41, 5.74) is 3.18. The zero-order valence-electron chi connectivity index (χ0n) is 11.5. The number of amides is 1. The van der Waals surface area contributed by atoms with Gasteiger partial charge in [0.05, 0.1) is 11.9 Å². The van der Waals surface area contributed by atoms with Crippen molar-refractivity contribution in [1.29, 1.82) is 0 Å². The molecular weight excluding hydrogens is 268 g/mol. The van der Waals surface area contributed by atoms with Crippen LogP contribution < -0.4 is 5.32 Å². The fraction of sp³-hybridized carbons (Fsp3) is 0.267. The molecule has 6 nitrogen and oxygen atoms in total. The molecule has 0 radical (unpaired) electrons. The predicted molar refractivity (Wildman–Crippen MR) is 76.7 cm³/mol. The Balaban J connectivity index is 1.51. The summed E-state index contributed by atoms with van der Waals surface area (Å²) in [5, 5.41) is 7.10. The van der Waals surface area contributed by atoms with Crippen LogP contribution in [0.5, 0.6) is 0 Å². The number of nitrogens with zero attached hydrogens (tertiary/aromatic N) is 3. The monoisotopic (exact) mass is 282 g/mol. The molecule has 106 valence electrons. The van der Waals surface area contributed by atoms with E-state index in [1.165, 1.54) is 6.39 Å². The van der Waals surface area contributed by atoms with Gasteiger partial charge >= 0.3 is 0 Å². The molecule has 6 heteroatoms. The molecule has 1 amide bonds. The van der Waals surface area contributed by atoms with E-state index in [0.29, 0.717) is 16.8 Å². The van der Waals surface area contributed by atoms with Crippen molar-refractivity contribution in [3.8, 4) is 0 Å². The van der Waals surface area contributed by atoms with E-state index in [1.54, 1.807) is 4.68 Å². The molecule has 0 bridgehead atoms. The Labute approximate surface area is 120 Å². The van der Waals surface area contributed by atoms with Gasteiger partial charge in [0.2, 0.25) is 5.91 Å². The first-order valence-corrected chi connectivity index (χ1v) is 6.84. The highest BCUT2D eigenvalue weighted by molar-refractivity contribution is 6.01. The van der Waals surface area contributed by atoms with E-state index >= 15 is 0 Å². The van der Waals surface area contributed by atoms with Crippen molar-refractivity contribution in [2.75, 3.05) is 5.32 Å². The van der Waals surface area contributed by atoms with E-state index in [9.17, 15) is 4.79 Å². The van der Waals surface area contributed by atoms with Crippen LogP contribution in [0.15, 0.2) is 41.4 Å². The Morgan fingerprint density at radius 3 is 3.19 bits per heavy atom. The minimum Gasteiger partial charge on any atom is -0.443 e. The molecule has 0 unspecified atom stereocenters. The predicted octanol–water partition coefficient (Wildman–Crippen LogP) is 2.30. The van der Waals surface area contributed by atoms with Gasteiger partial charge in [-0.25, -0.2) is 4.98 Å². The number of benzene rings is 1. The highest BCUT2D eigenvalue weighted by atomic mass is 16.3. The standard InChI is InChI=1S/C15H14N4O2/c1-19-7-9(6-17-19)10-5-11(10)15(20)18-12-3-2-4-13-14(12)16-8-21-13/h2-4,6-8,10-11H,5H2,1H3,(H,18,20)/t10-,11+/m0/s1. The second kappa shape index (κ2) is 4.44. The first-order valence-electron chi connectivity index (χ1n) is 6.84.